The van der Waals surface area contributed by atoms with Gasteiger partial charge in [0.15, 0.2) is 0 Å². The highest BCUT2D eigenvalue weighted by Gasteiger charge is 2.38. The van der Waals surface area contributed by atoms with E-state index in [1.165, 1.54) is 6.08 Å². The fourth-order valence-electron chi connectivity index (χ4n) is 4.44. The lowest BCUT2D eigenvalue weighted by atomic mass is 9.87. The van der Waals surface area contributed by atoms with Gasteiger partial charge in [-0.2, -0.15) is 0 Å². The van der Waals surface area contributed by atoms with Gasteiger partial charge in [0.25, 0.3) is 0 Å². The van der Waals surface area contributed by atoms with Crippen molar-refractivity contribution in [3.05, 3.63) is 95.0 Å². The lowest BCUT2D eigenvalue weighted by Crippen LogP contribution is -2.36. The molecule has 0 radical (unpaired) electrons. The number of hydrogen-bond acceptors (Lipinski definition) is 4. The van der Waals surface area contributed by atoms with Crippen LogP contribution in [0.25, 0.3) is 6.08 Å². The number of likely N-dealkylation sites (tertiary alicyclic amines) is 1. The highest BCUT2D eigenvalue weighted by Crippen LogP contribution is 2.34. The molecular weight excluding hydrogens is 460 g/mol. The number of nitrogens with one attached hydrogen (secondary N) is 1. The molecule has 2 atom stereocenters. The Labute approximate surface area is 211 Å². The number of rotatable bonds is 6. The molecule has 1 heterocycles. The Kier molecular flexibility index (Phi) is 7.54. The molecule has 3 aromatic rings. The summed E-state index contributed by atoms with van der Waals surface area (Å²) in [6.07, 6.45) is 3.24. The van der Waals surface area contributed by atoms with Gasteiger partial charge in [0.2, 0.25) is 11.8 Å². The number of halogens is 1. The molecule has 1 fully saturated rings. The van der Waals surface area contributed by atoms with Crippen LogP contribution in [0, 0.1) is 5.92 Å². The van der Waals surface area contributed by atoms with Crippen LogP contribution in [0.2, 0.25) is 5.02 Å². The molecule has 1 aliphatic heterocycles. The maximum absolute atomic E-state index is 13.4. The molecule has 0 bridgehead atoms. The monoisotopic (exact) mass is 488 g/mol. The van der Waals surface area contributed by atoms with Crippen molar-refractivity contribution in [1.82, 2.24) is 4.90 Å². The maximum atomic E-state index is 13.4. The van der Waals surface area contributed by atoms with E-state index in [9.17, 15) is 9.59 Å². The highest BCUT2D eigenvalue weighted by atomic mass is 35.5. The summed E-state index contributed by atoms with van der Waals surface area (Å²) in [7, 11) is 3.85. The summed E-state index contributed by atoms with van der Waals surface area (Å²) in [5, 5.41) is 3.42. The zero-order valence-electron chi connectivity index (χ0n) is 19.8. The lowest BCUT2D eigenvalue weighted by Gasteiger charge is -2.25. The van der Waals surface area contributed by atoms with Crippen molar-refractivity contribution in [2.75, 3.05) is 43.1 Å². The second kappa shape index (κ2) is 10.8. The van der Waals surface area contributed by atoms with Crippen molar-refractivity contribution in [2.45, 2.75) is 5.92 Å². The minimum absolute atomic E-state index is 0.0856. The van der Waals surface area contributed by atoms with Gasteiger partial charge in [-0.1, -0.05) is 48.0 Å². The third kappa shape index (κ3) is 5.91. The summed E-state index contributed by atoms with van der Waals surface area (Å²) in [6, 6.07) is 22.5. The molecule has 1 aliphatic rings. The molecule has 4 rings (SSSR count). The first-order valence-corrected chi connectivity index (χ1v) is 11.8. The fraction of sp³-hybridized carbons (Fsp3) is 0.214. The van der Waals surface area contributed by atoms with Gasteiger partial charge in [0, 0.05) is 42.8 Å². The number of nitrogen functional groups attached to an aromatic ring is 1. The number of likely N-dealkylation sites (N-methyl/N-ethyl adjacent to an activating group) is 1. The van der Waals surface area contributed by atoms with Crippen LogP contribution in [0.5, 0.6) is 0 Å². The molecule has 2 amide bonds. The Morgan fingerprint density at radius 1 is 1.03 bits per heavy atom. The molecule has 3 N–H and O–H groups in total. The van der Waals surface area contributed by atoms with E-state index in [1.54, 1.807) is 35.2 Å². The topological polar surface area (TPSA) is 78.7 Å². The Hall–Kier alpha value is -3.61. The van der Waals surface area contributed by atoms with E-state index in [-0.39, 0.29) is 23.7 Å². The Bertz CT molecular complexity index is 1220. The Morgan fingerprint density at radius 2 is 1.71 bits per heavy atom. The van der Waals surface area contributed by atoms with E-state index < -0.39 is 0 Å². The molecular formula is C28H29ClN4O2. The molecule has 2 unspecified atom stereocenters. The number of para-hydroxylation sites is 2. The van der Waals surface area contributed by atoms with E-state index in [0.717, 1.165) is 23.4 Å². The van der Waals surface area contributed by atoms with Crippen LogP contribution in [-0.4, -0.2) is 43.9 Å². The normalized spacial score (nSPS) is 18.0. The predicted molar refractivity (Wildman–Crippen MR) is 144 cm³/mol. The minimum Gasteiger partial charge on any atom is -0.397 e. The number of hydrogen-bond donors (Lipinski definition) is 2. The number of carbonyl (C=O) groups is 2. The number of nitrogens with zero attached hydrogens (tertiary/aromatic N) is 2. The third-order valence-electron chi connectivity index (χ3n) is 6.37. The van der Waals surface area contributed by atoms with Crippen molar-refractivity contribution < 1.29 is 9.59 Å². The van der Waals surface area contributed by atoms with Crippen LogP contribution in [0.3, 0.4) is 0 Å². The van der Waals surface area contributed by atoms with Crippen LogP contribution in [0.1, 0.15) is 17.0 Å². The van der Waals surface area contributed by atoms with Crippen LogP contribution in [0.4, 0.5) is 17.1 Å². The summed E-state index contributed by atoms with van der Waals surface area (Å²) in [6.45, 7) is 1.51. The molecule has 0 spiro atoms. The first-order chi connectivity index (χ1) is 16.8. The second-order valence-corrected chi connectivity index (χ2v) is 9.32. The number of benzene rings is 3. The smallest absolute Gasteiger partial charge is 0.248 e. The van der Waals surface area contributed by atoms with Crippen molar-refractivity contribution in [2.24, 2.45) is 5.92 Å². The first-order valence-electron chi connectivity index (χ1n) is 11.5. The lowest BCUT2D eigenvalue weighted by molar-refractivity contribution is -0.122. The third-order valence-corrected chi connectivity index (χ3v) is 6.63. The summed E-state index contributed by atoms with van der Waals surface area (Å²) >= 11 is 6.00. The summed E-state index contributed by atoms with van der Waals surface area (Å²) in [4.78, 5) is 29.5. The van der Waals surface area contributed by atoms with E-state index >= 15 is 0 Å². The standard InChI is InChI=1S/C28H29ClN4O2/c1-32-17-23(24(18-32)28(35)33(2)22-14-12-21(29)13-15-22)20-10-7-19(8-11-20)9-16-27(34)31-26-6-4-3-5-25(26)30/h3-16,23-24H,17-18,30H2,1-2H3,(H,31,34). The second-order valence-electron chi connectivity index (χ2n) is 8.88. The molecule has 35 heavy (non-hydrogen) atoms. The molecule has 0 aromatic heterocycles. The van der Waals surface area contributed by atoms with Gasteiger partial charge in [-0.05, 0) is 60.6 Å². The van der Waals surface area contributed by atoms with E-state index in [2.05, 4.69) is 10.2 Å². The van der Waals surface area contributed by atoms with E-state index in [1.807, 2.05) is 62.6 Å². The largest absolute Gasteiger partial charge is 0.397 e. The van der Waals surface area contributed by atoms with Crippen LogP contribution in [-0.2, 0) is 9.59 Å². The Balaban J connectivity index is 1.43. The SMILES string of the molecule is CN1CC(C(=O)N(C)c2ccc(Cl)cc2)C(c2ccc(C=CC(=O)Nc3ccccc3N)cc2)C1. The zero-order valence-corrected chi connectivity index (χ0v) is 20.6. The van der Waals surface area contributed by atoms with Crippen LogP contribution >= 0.6 is 11.6 Å². The van der Waals surface area contributed by atoms with Gasteiger partial charge in [-0.3, -0.25) is 9.59 Å². The molecule has 1 saturated heterocycles. The van der Waals surface area contributed by atoms with Crippen molar-refractivity contribution in [3.8, 4) is 0 Å². The van der Waals surface area contributed by atoms with Crippen molar-refractivity contribution >= 4 is 46.6 Å². The summed E-state index contributed by atoms with van der Waals surface area (Å²) in [5.74, 6) is -0.225. The number of anilines is 3. The zero-order chi connectivity index (χ0) is 24.9. The number of carbonyl (C=O) groups excluding carboxylic acids is 2. The van der Waals surface area contributed by atoms with Gasteiger partial charge >= 0.3 is 0 Å². The van der Waals surface area contributed by atoms with E-state index in [0.29, 0.717) is 22.9 Å². The van der Waals surface area contributed by atoms with Crippen molar-refractivity contribution in [1.29, 1.82) is 0 Å². The van der Waals surface area contributed by atoms with Gasteiger partial charge in [0.05, 0.1) is 17.3 Å². The molecule has 0 saturated carbocycles. The number of amides is 2. The molecule has 0 aliphatic carbocycles. The number of nitrogens with two attached hydrogens (primary N) is 1. The van der Waals surface area contributed by atoms with E-state index in [4.69, 9.17) is 17.3 Å². The highest BCUT2D eigenvalue weighted by molar-refractivity contribution is 6.30. The molecule has 6 nitrogen and oxygen atoms in total. The summed E-state index contributed by atoms with van der Waals surface area (Å²) in [5.41, 5.74) is 9.81. The molecule has 180 valence electrons. The van der Waals surface area contributed by atoms with Gasteiger partial charge < -0.3 is 20.9 Å². The van der Waals surface area contributed by atoms with Gasteiger partial charge in [-0.25, -0.2) is 0 Å². The van der Waals surface area contributed by atoms with Crippen molar-refractivity contribution in [3.63, 3.8) is 0 Å². The van der Waals surface area contributed by atoms with Gasteiger partial charge in [0.1, 0.15) is 0 Å². The van der Waals surface area contributed by atoms with Crippen LogP contribution in [0.15, 0.2) is 78.9 Å². The van der Waals surface area contributed by atoms with Crippen LogP contribution < -0.4 is 16.0 Å². The molecule has 7 heteroatoms. The minimum atomic E-state index is -0.250. The average molecular weight is 489 g/mol. The fourth-order valence-corrected chi connectivity index (χ4v) is 4.57. The summed E-state index contributed by atoms with van der Waals surface area (Å²) < 4.78 is 0. The average Bonchev–Trinajstić information content (AvgIpc) is 3.25. The first kappa shape index (κ1) is 24.5. The Morgan fingerprint density at radius 3 is 2.40 bits per heavy atom. The quantitative estimate of drug-likeness (QED) is 0.383. The molecule has 3 aromatic carbocycles. The van der Waals surface area contributed by atoms with Gasteiger partial charge in [-0.15, -0.1) is 0 Å². The maximum Gasteiger partial charge on any atom is 0.248 e. The predicted octanol–water partition coefficient (Wildman–Crippen LogP) is 4.88.